The molecule has 1 aliphatic rings. The number of carbonyl (C=O) groups is 2. The highest BCUT2D eigenvalue weighted by Crippen LogP contribution is 2.20. The van der Waals surface area contributed by atoms with Gasteiger partial charge < -0.3 is 10.6 Å². The van der Waals surface area contributed by atoms with Crippen molar-refractivity contribution in [1.82, 2.24) is 10.2 Å². The lowest BCUT2D eigenvalue weighted by Gasteiger charge is -2.34. The molecule has 1 aromatic heterocycles. The van der Waals surface area contributed by atoms with Crippen LogP contribution in [0, 0.1) is 5.92 Å². The smallest absolute Gasteiger partial charge is 0.241 e. The van der Waals surface area contributed by atoms with Gasteiger partial charge in [0.05, 0.1) is 10.9 Å². The van der Waals surface area contributed by atoms with E-state index < -0.39 is 10.0 Å². The molecule has 0 radical (unpaired) electrons. The Balaban J connectivity index is 1.43. The van der Waals surface area contributed by atoms with Gasteiger partial charge in [-0.2, -0.15) is 0 Å². The summed E-state index contributed by atoms with van der Waals surface area (Å²) in [6, 6.07) is 9.45. The van der Waals surface area contributed by atoms with Crippen molar-refractivity contribution in [3.05, 3.63) is 46.7 Å². The molecule has 2 amide bonds. The summed E-state index contributed by atoms with van der Waals surface area (Å²) in [5, 5.41) is 12.9. The van der Waals surface area contributed by atoms with Crippen LogP contribution in [0.3, 0.4) is 0 Å². The van der Waals surface area contributed by atoms with Gasteiger partial charge in [-0.3, -0.25) is 14.5 Å². The molecule has 31 heavy (non-hydrogen) atoms. The van der Waals surface area contributed by atoms with Gasteiger partial charge in [0.25, 0.3) is 0 Å². The molecule has 1 saturated heterocycles. The van der Waals surface area contributed by atoms with Crippen molar-refractivity contribution in [2.75, 3.05) is 25.0 Å². The standard InChI is InChI=1S/C21H28N4O4S2/c1-15(20(26)24-17-4-6-19(7-5-17)31(22,28)29)25-12-9-16(10-13-25)21(27)23-11-8-18-3-2-14-30-18/h2-7,14-16H,8-13H2,1H3,(H,23,27)(H,24,26)(H2,22,28,29). The number of hydrogen-bond acceptors (Lipinski definition) is 6. The minimum absolute atomic E-state index is 0.00529. The minimum atomic E-state index is -3.76. The number of primary sulfonamides is 1. The summed E-state index contributed by atoms with van der Waals surface area (Å²) >= 11 is 1.69. The quantitative estimate of drug-likeness (QED) is 0.550. The Morgan fingerprint density at radius 1 is 1.19 bits per heavy atom. The van der Waals surface area contributed by atoms with Crippen molar-refractivity contribution < 1.29 is 18.0 Å². The minimum Gasteiger partial charge on any atom is -0.355 e. The fourth-order valence-electron chi connectivity index (χ4n) is 3.60. The summed E-state index contributed by atoms with van der Waals surface area (Å²) in [6.45, 7) is 3.81. The molecule has 1 atom stereocenters. The maximum Gasteiger partial charge on any atom is 0.241 e. The first-order valence-corrected chi connectivity index (χ1v) is 12.6. The maximum atomic E-state index is 12.6. The molecule has 0 bridgehead atoms. The zero-order chi connectivity index (χ0) is 22.4. The van der Waals surface area contributed by atoms with Gasteiger partial charge in [-0.05, 0) is 75.0 Å². The number of benzene rings is 1. The summed E-state index contributed by atoms with van der Waals surface area (Å²) in [6.07, 6.45) is 2.27. The predicted molar refractivity (Wildman–Crippen MR) is 121 cm³/mol. The molecule has 0 saturated carbocycles. The highest BCUT2D eigenvalue weighted by atomic mass is 32.2. The molecule has 1 aromatic carbocycles. The van der Waals surface area contributed by atoms with Gasteiger partial charge in [0, 0.05) is 23.0 Å². The molecule has 168 valence electrons. The lowest BCUT2D eigenvalue weighted by molar-refractivity contribution is -0.127. The van der Waals surface area contributed by atoms with E-state index in [9.17, 15) is 18.0 Å². The van der Waals surface area contributed by atoms with E-state index in [4.69, 9.17) is 5.14 Å². The number of carbonyl (C=O) groups excluding carboxylic acids is 2. The van der Waals surface area contributed by atoms with Crippen molar-refractivity contribution in [3.63, 3.8) is 0 Å². The SMILES string of the molecule is CC(C(=O)Nc1ccc(S(N)(=O)=O)cc1)N1CCC(C(=O)NCCc2cccs2)CC1. The van der Waals surface area contributed by atoms with Crippen LogP contribution >= 0.6 is 11.3 Å². The van der Waals surface area contributed by atoms with Gasteiger partial charge in [-0.25, -0.2) is 13.6 Å². The van der Waals surface area contributed by atoms with Gasteiger partial charge in [0.15, 0.2) is 0 Å². The first-order valence-electron chi connectivity index (χ1n) is 10.2. The van der Waals surface area contributed by atoms with Crippen LogP contribution in [0.2, 0.25) is 0 Å². The number of nitrogens with zero attached hydrogens (tertiary/aromatic N) is 1. The van der Waals surface area contributed by atoms with Crippen LogP contribution in [0.25, 0.3) is 0 Å². The Bertz CT molecular complexity index is 983. The van der Waals surface area contributed by atoms with E-state index in [2.05, 4.69) is 21.6 Å². The van der Waals surface area contributed by atoms with E-state index in [0.29, 0.717) is 38.2 Å². The number of nitrogens with one attached hydrogen (secondary N) is 2. The van der Waals surface area contributed by atoms with E-state index >= 15 is 0 Å². The van der Waals surface area contributed by atoms with Crippen LogP contribution in [0.1, 0.15) is 24.6 Å². The summed E-state index contributed by atoms with van der Waals surface area (Å²) in [5.74, 6) is -0.119. The molecular weight excluding hydrogens is 436 g/mol. The number of nitrogens with two attached hydrogens (primary N) is 1. The number of sulfonamides is 1. The van der Waals surface area contributed by atoms with Crippen LogP contribution in [0.5, 0.6) is 0 Å². The van der Waals surface area contributed by atoms with E-state index in [1.54, 1.807) is 11.3 Å². The number of likely N-dealkylation sites (tertiary alicyclic amines) is 1. The highest BCUT2D eigenvalue weighted by molar-refractivity contribution is 7.89. The average molecular weight is 465 g/mol. The number of rotatable bonds is 8. The molecule has 1 aliphatic heterocycles. The number of piperidine rings is 1. The second-order valence-electron chi connectivity index (χ2n) is 7.67. The van der Waals surface area contributed by atoms with Crippen molar-refractivity contribution in [1.29, 1.82) is 0 Å². The third kappa shape index (κ3) is 6.60. The topological polar surface area (TPSA) is 122 Å². The Hall–Kier alpha value is -2.27. The van der Waals surface area contributed by atoms with E-state index in [1.807, 2.05) is 18.4 Å². The number of thiophene rings is 1. The van der Waals surface area contributed by atoms with Crippen LogP contribution in [-0.2, 0) is 26.0 Å². The lowest BCUT2D eigenvalue weighted by atomic mass is 9.95. The molecule has 3 rings (SSSR count). The Morgan fingerprint density at radius 2 is 1.87 bits per heavy atom. The first kappa shape index (κ1) is 23.4. The monoisotopic (exact) mass is 464 g/mol. The van der Waals surface area contributed by atoms with Gasteiger partial charge in [-0.1, -0.05) is 6.07 Å². The van der Waals surface area contributed by atoms with Crippen molar-refractivity contribution >= 4 is 38.9 Å². The first-order chi connectivity index (χ1) is 14.7. The number of anilines is 1. The van der Waals surface area contributed by atoms with Crippen molar-refractivity contribution in [2.45, 2.75) is 37.1 Å². The third-order valence-electron chi connectivity index (χ3n) is 5.53. The third-order valence-corrected chi connectivity index (χ3v) is 7.39. The zero-order valence-electron chi connectivity index (χ0n) is 17.4. The molecule has 8 nitrogen and oxygen atoms in total. The molecule has 4 N–H and O–H groups in total. The number of hydrogen-bond donors (Lipinski definition) is 3. The molecule has 10 heteroatoms. The normalized spacial score (nSPS) is 16.6. The number of amides is 2. The van der Waals surface area contributed by atoms with Crippen LogP contribution < -0.4 is 15.8 Å². The Morgan fingerprint density at radius 3 is 2.45 bits per heavy atom. The zero-order valence-corrected chi connectivity index (χ0v) is 19.0. The second kappa shape index (κ2) is 10.4. The largest absolute Gasteiger partial charge is 0.355 e. The van der Waals surface area contributed by atoms with Crippen molar-refractivity contribution in [3.8, 4) is 0 Å². The summed E-state index contributed by atoms with van der Waals surface area (Å²) in [4.78, 5) is 28.3. The van der Waals surface area contributed by atoms with E-state index in [1.165, 1.54) is 29.1 Å². The second-order valence-corrected chi connectivity index (χ2v) is 10.3. The van der Waals surface area contributed by atoms with Crippen LogP contribution in [0.15, 0.2) is 46.7 Å². The summed E-state index contributed by atoms with van der Waals surface area (Å²) in [5.41, 5.74) is 0.504. The Labute approximate surface area is 186 Å². The molecule has 0 aliphatic carbocycles. The van der Waals surface area contributed by atoms with E-state index in [-0.39, 0.29) is 28.7 Å². The summed E-state index contributed by atoms with van der Waals surface area (Å²) < 4.78 is 22.6. The predicted octanol–water partition coefficient (Wildman–Crippen LogP) is 1.79. The maximum absolute atomic E-state index is 12.6. The van der Waals surface area contributed by atoms with E-state index in [0.717, 1.165) is 6.42 Å². The molecule has 2 aromatic rings. The van der Waals surface area contributed by atoms with Crippen LogP contribution in [0.4, 0.5) is 5.69 Å². The van der Waals surface area contributed by atoms with Gasteiger partial charge in [0.1, 0.15) is 0 Å². The lowest BCUT2D eigenvalue weighted by Crippen LogP contribution is -2.48. The fourth-order valence-corrected chi connectivity index (χ4v) is 4.82. The fraction of sp³-hybridized carbons (Fsp3) is 0.429. The molecule has 2 heterocycles. The molecule has 1 fully saturated rings. The van der Waals surface area contributed by atoms with Crippen molar-refractivity contribution in [2.24, 2.45) is 11.1 Å². The summed E-state index contributed by atoms with van der Waals surface area (Å²) in [7, 11) is -3.76. The molecular formula is C21H28N4O4S2. The van der Waals surface area contributed by atoms with Gasteiger partial charge >= 0.3 is 0 Å². The average Bonchev–Trinajstić information content (AvgIpc) is 3.26. The van der Waals surface area contributed by atoms with Gasteiger partial charge in [-0.15, -0.1) is 11.3 Å². The van der Waals surface area contributed by atoms with Gasteiger partial charge in [0.2, 0.25) is 21.8 Å². The molecule has 0 spiro atoms. The molecule has 1 unspecified atom stereocenters. The van der Waals surface area contributed by atoms with Crippen LogP contribution in [-0.4, -0.2) is 50.8 Å². The Kier molecular flexibility index (Phi) is 7.82. The highest BCUT2D eigenvalue weighted by Gasteiger charge is 2.29.